The molecule has 4 aromatic rings. The number of ether oxygens (including phenoxy) is 1. The Morgan fingerprint density at radius 2 is 1.76 bits per heavy atom. The molecule has 49 heavy (non-hydrogen) atoms. The van der Waals surface area contributed by atoms with Crippen LogP contribution >= 0.6 is 0 Å². The lowest BCUT2D eigenvalue weighted by atomic mass is 9.82. The zero-order valence-electron chi connectivity index (χ0n) is 27.5. The number of fused-ring (bicyclic) bond motifs is 2. The maximum Gasteiger partial charge on any atom is 0.264 e. The molecule has 0 spiro atoms. The summed E-state index contributed by atoms with van der Waals surface area (Å²) >= 11 is 0. The third-order valence-corrected chi connectivity index (χ3v) is 9.46. The van der Waals surface area contributed by atoms with Crippen LogP contribution in [-0.2, 0) is 34.7 Å². The van der Waals surface area contributed by atoms with Crippen molar-refractivity contribution >= 4 is 34.8 Å². The summed E-state index contributed by atoms with van der Waals surface area (Å²) in [6, 6.07) is 26.6. The number of hydrogen-bond acceptors (Lipinski definition) is 7. The van der Waals surface area contributed by atoms with Gasteiger partial charge in [-0.2, -0.15) is 0 Å². The highest BCUT2D eigenvalue weighted by atomic mass is 16.5. The number of nitrogen functional groups attached to an aromatic ring is 1. The van der Waals surface area contributed by atoms with Crippen LogP contribution in [0.25, 0.3) is 0 Å². The number of carbonyl (C=O) groups excluding carboxylic acids is 3. The number of nitrogens with two attached hydrogens (primary N) is 1. The van der Waals surface area contributed by atoms with E-state index in [4.69, 9.17) is 10.5 Å². The van der Waals surface area contributed by atoms with E-state index in [0.717, 1.165) is 16.7 Å². The van der Waals surface area contributed by atoms with Gasteiger partial charge in [-0.15, -0.1) is 0 Å². The van der Waals surface area contributed by atoms with Gasteiger partial charge in [0.15, 0.2) is 5.60 Å². The Hall–Kier alpha value is -5.45. The molecule has 0 fully saturated rings. The van der Waals surface area contributed by atoms with Crippen molar-refractivity contribution in [3.8, 4) is 5.75 Å². The summed E-state index contributed by atoms with van der Waals surface area (Å²) in [6.07, 6.45) is 4.03. The summed E-state index contributed by atoms with van der Waals surface area (Å²) in [5.41, 5.74) is 9.42. The van der Waals surface area contributed by atoms with Gasteiger partial charge in [-0.25, -0.2) is 0 Å². The van der Waals surface area contributed by atoms with Crippen molar-refractivity contribution in [2.75, 3.05) is 29.7 Å². The fourth-order valence-electron chi connectivity index (χ4n) is 6.60. The minimum absolute atomic E-state index is 0.0587. The topological polar surface area (TPSA) is 145 Å². The molecule has 0 aromatic heterocycles. The summed E-state index contributed by atoms with van der Waals surface area (Å²) in [7, 11) is 1.52. The van der Waals surface area contributed by atoms with Gasteiger partial charge < -0.3 is 35.8 Å². The smallest absolute Gasteiger partial charge is 0.264 e. The lowest BCUT2D eigenvalue weighted by molar-refractivity contribution is -0.139. The molecule has 10 nitrogen and oxygen atoms in total. The largest absolute Gasteiger partial charge is 0.497 e. The summed E-state index contributed by atoms with van der Waals surface area (Å²) in [5.74, 6) is -1.09. The van der Waals surface area contributed by atoms with E-state index < -0.39 is 17.4 Å². The van der Waals surface area contributed by atoms with Crippen LogP contribution < -0.4 is 20.7 Å². The van der Waals surface area contributed by atoms with Crippen molar-refractivity contribution in [1.29, 1.82) is 0 Å². The Bertz CT molecular complexity index is 1890. The molecule has 10 heteroatoms. The third kappa shape index (κ3) is 6.65. The average Bonchev–Trinajstić information content (AvgIpc) is 3.33. The molecule has 2 aliphatic rings. The zero-order valence-corrected chi connectivity index (χ0v) is 27.5. The second-order valence-corrected chi connectivity index (χ2v) is 12.6. The van der Waals surface area contributed by atoms with Gasteiger partial charge >= 0.3 is 0 Å². The quantitative estimate of drug-likeness (QED) is 0.141. The van der Waals surface area contributed by atoms with Crippen LogP contribution in [0.15, 0.2) is 103 Å². The summed E-state index contributed by atoms with van der Waals surface area (Å²) in [5, 5.41) is 25.0. The summed E-state index contributed by atoms with van der Waals surface area (Å²) < 4.78 is 5.44. The molecule has 0 saturated carbocycles. The van der Waals surface area contributed by atoms with Gasteiger partial charge in [-0.05, 0) is 77.7 Å². The minimum Gasteiger partial charge on any atom is -0.497 e. The van der Waals surface area contributed by atoms with E-state index in [2.05, 4.69) is 5.32 Å². The lowest BCUT2D eigenvalue weighted by Crippen LogP contribution is -2.46. The number of methoxy groups -OCH3 is 1. The van der Waals surface area contributed by atoms with Crippen LogP contribution in [0.4, 0.5) is 17.1 Å². The summed E-state index contributed by atoms with van der Waals surface area (Å²) in [4.78, 5) is 43.3. The number of nitrogens with one attached hydrogen (secondary N) is 1. The van der Waals surface area contributed by atoms with E-state index in [1.807, 2.05) is 36.4 Å². The number of aliphatic hydroxyl groups is 2. The number of hydrogen-bond donors (Lipinski definition) is 4. The predicted octanol–water partition coefficient (Wildman–Crippen LogP) is 4.79. The predicted molar refractivity (Wildman–Crippen MR) is 188 cm³/mol. The number of rotatable bonds is 10. The first-order valence-electron chi connectivity index (χ1n) is 16.2. The van der Waals surface area contributed by atoms with Crippen molar-refractivity contribution in [3.05, 3.63) is 131 Å². The van der Waals surface area contributed by atoms with Crippen molar-refractivity contribution < 1.29 is 29.3 Å². The molecule has 6 rings (SSSR count). The molecule has 2 heterocycles. The van der Waals surface area contributed by atoms with Crippen LogP contribution in [0.2, 0.25) is 0 Å². The van der Waals surface area contributed by atoms with Crippen molar-refractivity contribution in [3.63, 3.8) is 0 Å². The van der Waals surface area contributed by atoms with Crippen molar-refractivity contribution in [1.82, 2.24) is 4.90 Å². The van der Waals surface area contributed by atoms with Crippen LogP contribution in [0.3, 0.4) is 0 Å². The molecule has 0 unspecified atom stereocenters. The van der Waals surface area contributed by atoms with Gasteiger partial charge in [0.1, 0.15) is 5.75 Å². The van der Waals surface area contributed by atoms with E-state index >= 15 is 0 Å². The van der Waals surface area contributed by atoms with Crippen LogP contribution in [-0.4, -0.2) is 52.6 Å². The number of aliphatic hydroxyl groups excluding tert-OH is 1. The van der Waals surface area contributed by atoms with E-state index in [0.29, 0.717) is 46.9 Å². The Morgan fingerprint density at radius 3 is 2.45 bits per heavy atom. The molecule has 0 aliphatic carbocycles. The Labute approximate surface area is 285 Å². The Morgan fingerprint density at radius 1 is 1.04 bits per heavy atom. The molecule has 0 bridgehead atoms. The first-order valence-corrected chi connectivity index (χ1v) is 16.2. The molecular weight excluding hydrogens is 620 g/mol. The highest BCUT2D eigenvalue weighted by Crippen LogP contribution is 2.47. The SMILES string of the molecule is COc1ccc2c(c1)[C@@](O)([C@H](C)/C=C/CC(=O)N1Cc3ccccc3C[C@H]1CO)C(=O)N2Cc1ccc(NC(=O)c2ccc(N)cc2)cc1. The molecular formula is C39H40N4O6. The minimum atomic E-state index is -1.91. The summed E-state index contributed by atoms with van der Waals surface area (Å²) in [6.45, 7) is 2.21. The fraction of sp³-hybridized carbons (Fsp3) is 0.256. The Kier molecular flexibility index (Phi) is 9.53. The highest BCUT2D eigenvalue weighted by Gasteiger charge is 2.52. The van der Waals surface area contributed by atoms with Gasteiger partial charge in [-0.1, -0.05) is 55.5 Å². The van der Waals surface area contributed by atoms with E-state index in [-0.39, 0.29) is 37.4 Å². The first-order chi connectivity index (χ1) is 23.6. The molecule has 5 N–H and O–H groups in total. The second kappa shape index (κ2) is 14.0. The monoisotopic (exact) mass is 660 g/mol. The van der Waals surface area contributed by atoms with Gasteiger partial charge in [0.25, 0.3) is 11.8 Å². The molecule has 0 radical (unpaired) electrons. The fourth-order valence-corrected chi connectivity index (χ4v) is 6.60. The van der Waals surface area contributed by atoms with Crippen molar-refractivity contribution in [2.24, 2.45) is 5.92 Å². The van der Waals surface area contributed by atoms with E-state index in [9.17, 15) is 24.6 Å². The number of anilines is 3. The average molecular weight is 661 g/mol. The number of benzene rings is 4. The zero-order chi connectivity index (χ0) is 34.7. The van der Waals surface area contributed by atoms with E-state index in [1.165, 1.54) is 7.11 Å². The van der Waals surface area contributed by atoms with Crippen molar-refractivity contribution in [2.45, 2.75) is 44.5 Å². The van der Waals surface area contributed by atoms with Gasteiger partial charge in [0.2, 0.25) is 5.91 Å². The van der Waals surface area contributed by atoms with Gasteiger partial charge in [-0.3, -0.25) is 14.4 Å². The molecule has 3 atom stereocenters. The standard InChI is InChI=1S/C39H40N4O6/c1-25(6-5-9-36(45)42-23-29-8-4-3-7-28(29)20-32(42)24-44)39(48)34-21-33(49-2)18-19-35(34)43(38(39)47)22-26-10-16-31(17-11-26)41-37(46)27-12-14-30(40)15-13-27/h3-8,10-19,21,25,32,44,48H,9,20,22-24,40H2,1-2H3,(H,41,46)/b6-5+/t25-,32+,39+/m1/s1. The van der Waals surface area contributed by atoms with Gasteiger partial charge in [0.05, 0.1) is 32.0 Å². The molecule has 2 aliphatic heterocycles. The van der Waals surface area contributed by atoms with Crippen LogP contribution in [0, 0.1) is 5.92 Å². The lowest BCUT2D eigenvalue weighted by Gasteiger charge is -2.36. The number of amides is 3. The molecule has 4 aromatic carbocycles. The Balaban J connectivity index is 1.17. The maximum absolute atomic E-state index is 14.1. The van der Waals surface area contributed by atoms with Crippen LogP contribution in [0.1, 0.15) is 46.0 Å². The van der Waals surface area contributed by atoms with Gasteiger partial charge in [0, 0.05) is 41.4 Å². The normalized spacial score (nSPS) is 19.0. The number of carbonyl (C=O) groups is 3. The second-order valence-electron chi connectivity index (χ2n) is 12.6. The highest BCUT2D eigenvalue weighted by molar-refractivity contribution is 6.07. The molecule has 252 valence electrons. The van der Waals surface area contributed by atoms with E-state index in [1.54, 1.807) is 83.5 Å². The molecule has 3 amide bonds. The van der Waals surface area contributed by atoms with Crippen LogP contribution in [0.5, 0.6) is 5.75 Å². The maximum atomic E-state index is 14.1. The number of nitrogens with zero attached hydrogens (tertiary/aromatic N) is 2. The molecule has 0 saturated heterocycles. The first kappa shape index (κ1) is 33.5. The third-order valence-electron chi connectivity index (χ3n) is 9.46.